The molecule has 1 N–H and O–H groups in total. The lowest BCUT2D eigenvalue weighted by atomic mass is 10.3. The van der Waals surface area contributed by atoms with Crippen molar-refractivity contribution in [1.82, 2.24) is 0 Å². The first kappa shape index (κ1) is 14.1. The summed E-state index contributed by atoms with van der Waals surface area (Å²) in [5, 5.41) is 0. The molecule has 0 aliphatic carbocycles. The quantitative estimate of drug-likeness (QED) is 0.763. The van der Waals surface area contributed by atoms with Crippen LogP contribution in [0.3, 0.4) is 0 Å². The summed E-state index contributed by atoms with van der Waals surface area (Å²) in [7, 11) is -2.87. The van der Waals surface area contributed by atoms with E-state index in [0.29, 0.717) is 5.75 Å². The molecule has 1 heterocycles. The number of rotatable bonds is 2. The molecule has 0 aliphatic heterocycles. The van der Waals surface area contributed by atoms with Crippen molar-refractivity contribution in [1.29, 1.82) is 0 Å². The van der Waals surface area contributed by atoms with Gasteiger partial charge in [0.2, 0.25) is 0 Å². The van der Waals surface area contributed by atoms with E-state index in [1.807, 2.05) is 30.6 Å². The van der Waals surface area contributed by atoms with Gasteiger partial charge in [0, 0.05) is 12.1 Å². The molecule has 96 valence electrons. The summed E-state index contributed by atoms with van der Waals surface area (Å²) in [6.07, 6.45) is 3.75. The molecule has 0 saturated carbocycles. The van der Waals surface area contributed by atoms with Crippen molar-refractivity contribution in [2.24, 2.45) is 0 Å². The molecule has 2 aromatic rings. The van der Waals surface area contributed by atoms with Crippen LogP contribution in [0.1, 0.15) is 0 Å². The minimum absolute atomic E-state index is 0.247. The third-order valence-electron chi connectivity index (χ3n) is 1.96. The van der Waals surface area contributed by atoms with Gasteiger partial charge < -0.3 is 9.29 Å². The number of hydrogen-bond donors (Lipinski definition) is 0. The van der Waals surface area contributed by atoms with Gasteiger partial charge >= 0.3 is 0 Å². The van der Waals surface area contributed by atoms with E-state index in [9.17, 15) is 13.0 Å². The molecular formula is C12H13NO4S. The van der Waals surface area contributed by atoms with Crippen LogP contribution in [0.25, 0.3) is 0 Å². The van der Waals surface area contributed by atoms with Gasteiger partial charge in [0.1, 0.15) is 15.9 Å². The Morgan fingerprint density at radius 1 is 1.06 bits per heavy atom. The number of methoxy groups -OCH3 is 1. The highest BCUT2D eigenvalue weighted by Crippen LogP contribution is 2.14. The van der Waals surface area contributed by atoms with Crippen molar-refractivity contribution < 1.29 is 22.7 Å². The number of aromatic nitrogens is 1. The first-order chi connectivity index (χ1) is 8.54. The fraction of sp³-hybridized carbons (Fsp3) is 0.0833. The molecule has 0 radical (unpaired) electrons. The first-order valence-electron chi connectivity index (χ1n) is 5.05. The van der Waals surface area contributed by atoms with Gasteiger partial charge in [0.05, 0.1) is 12.0 Å². The molecule has 0 spiro atoms. The molecular weight excluding hydrogens is 254 g/mol. The van der Waals surface area contributed by atoms with Crippen LogP contribution in [0.15, 0.2) is 59.8 Å². The van der Waals surface area contributed by atoms with Crippen LogP contribution in [0.5, 0.6) is 5.75 Å². The number of pyridine rings is 1. The van der Waals surface area contributed by atoms with Crippen LogP contribution in [-0.2, 0) is 10.1 Å². The van der Waals surface area contributed by atoms with Crippen LogP contribution in [-0.4, -0.2) is 20.1 Å². The normalized spacial score (nSPS) is 10.1. The first-order valence-corrected chi connectivity index (χ1v) is 6.46. The maximum absolute atomic E-state index is 10.4. The van der Waals surface area contributed by atoms with Crippen LogP contribution in [0.4, 0.5) is 0 Å². The number of aromatic amines is 1. The number of H-pyrrole nitrogens is 1. The topological polar surface area (TPSA) is 80.6 Å². The fourth-order valence-electron chi connectivity index (χ4n) is 1.08. The number of benzene rings is 1. The lowest BCUT2D eigenvalue weighted by molar-refractivity contribution is -0.377. The highest BCUT2D eigenvalue weighted by molar-refractivity contribution is 7.85. The predicted molar refractivity (Wildman–Crippen MR) is 64.0 cm³/mol. The van der Waals surface area contributed by atoms with Crippen LogP contribution in [0, 0.1) is 0 Å². The molecule has 0 fully saturated rings. The summed E-state index contributed by atoms with van der Waals surface area (Å²) in [5.74, 6) is 0.516. The molecule has 18 heavy (non-hydrogen) atoms. The summed E-state index contributed by atoms with van der Waals surface area (Å²) in [6.45, 7) is 0. The van der Waals surface area contributed by atoms with Gasteiger partial charge in [-0.15, -0.1) is 0 Å². The van der Waals surface area contributed by atoms with Gasteiger partial charge in [-0.3, -0.25) is 0 Å². The highest BCUT2D eigenvalue weighted by Gasteiger charge is 1.99. The predicted octanol–water partition coefficient (Wildman–Crippen LogP) is 1.10. The van der Waals surface area contributed by atoms with Crippen molar-refractivity contribution in [2.75, 3.05) is 7.11 Å². The van der Waals surface area contributed by atoms with Gasteiger partial charge in [-0.1, -0.05) is 6.07 Å². The Morgan fingerprint density at radius 2 is 1.61 bits per heavy atom. The van der Waals surface area contributed by atoms with Gasteiger partial charge in [0.15, 0.2) is 12.4 Å². The summed E-state index contributed by atoms with van der Waals surface area (Å²) < 4.78 is 36.1. The molecule has 5 nitrogen and oxygen atoms in total. The van der Waals surface area contributed by atoms with E-state index in [0.717, 1.165) is 0 Å². The summed E-state index contributed by atoms with van der Waals surface area (Å²) >= 11 is 0. The lowest BCUT2D eigenvalue weighted by Gasteiger charge is -2.06. The van der Waals surface area contributed by atoms with Crippen molar-refractivity contribution in [3.05, 3.63) is 54.9 Å². The molecule has 0 aliphatic rings. The number of nitrogens with one attached hydrogen (secondary N) is 1. The Morgan fingerprint density at radius 3 is 1.89 bits per heavy atom. The zero-order chi connectivity index (χ0) is 13.4. The van der Waals surface area contributed by atoms with Crippen molar-refractivity contribution in [3.8, 4) is 5.75 Å². The third-order valence-corrected chi connectivity index (χ3v) is 2.80. The smallest absolute Gasteiger partial charge is 0.166 e. The van der Waals surface area contributed by atoms with Gasteiger partial charge in [-0.2, -0.15) is 0 Å². The van der Waals surface area contributed by atoms with Crippen molar-refractivity contribution in [3.63, 3.8) is 0 Å². The maximum Gasteiger partial charge on any atom is 0.166 e. The molecule has 0 unspecified atom stereocenters. The fourth-order valence-corrected chi connectivity index (χ4v) is 1.55. The molecule has 0 saturated heterocycles. The minimum atomic E-state index is -4.33. The highest BCUT2D eigenvalue weighted by atomic mass is 32.2. The maximum atomic E-state index is 10.4. The van der Waals surface area contributed by atoms with Gasteiger partial charge in [0.25, 0.3) is 0 Å². The van der Waals surface area contributed by atoms with E-state index in [2.05, 4.69) is 4.98 Å². The second-order valence-electron chi connectivity index (χ2n) is 3.21. The third kappa shape index (κ3) is 4.94. The molecule has 1 aromatic carbocycles. The Labute approximate surface area is 106 Å². The standard InChI is InChI=1S/C7H8O4S.C5H5N/c1-11-6-2-4-7(5-3-6)12(8,9)10;1-2-4-6-5-3-1/h2-5H,1H3,(H,8,9,10);1-5H. The van der Waals surface area contributed by atoms with E-state index in [-0.39, 0.29) is 4.90 Å². The zero-order valence-electron chi connectivity index (χ0n) is 9.74. The second kappa shape index (κ2) is 6.73. The van der Waals surface area contributed by atoms with E-state index < -0.39 is 10.1 Å². The van der Waals surface area contributed by atoms with Crippen molar-refractivity contribution in [2.45, 2.75) is 4.90 Å². The van der Waals surface area contributed by atoms with E-state index in [4.69, 9.17) is 4.74 Å². The molecule has 0 atom stereocenters. The molecule has 0 bridgehead atoms. The Balaban J connectivity index is 0.000000225. The second-order valence-corrected chi connectivity index (χ2v) is 4.59. The number of ether oxygens (including phenoxy) is 1. The number of hydrogen-bond acceptors (Lipinski definition) is 4. The van der Waals surface area contributed by atoms with E-state index in [1.165, 1.54) is 31.4 Å². The van der Waals surface area contributed by atoms with Crippen LogP contribution < -0.4 is 9.72 Å². The summed E-state index contributed by atoms with van der Waals surface area (Å²) in [5.41, 5.74) is 0. The average Bonchev–Trinajstić information content (AvgIpc) is 2.40. The van der Waals surface area contributed by atoms with E-state index >= 15 is 0 Å². The Hall–Kier alpha value is -1.92. The van der Waals surface area contributed by atoms with Crippen LogP contribution >= 0.6 is 0 Å². The van der Waals surface area contributed by atoms with Crippen LogP contribution in [0.2, 0.25) is 0 Å². The van der Waals surface area contributed by atoms with E-state index in [1.54, 1.807) is 0 Å². The lowest BCUT2D eigenvalue weighted by Crippen LogP contribution is -1.97. The molecule has 2 rings (SSSR count). The molecule has 0 amide bonds. The largest absolute Gasteiger partial charge is 0.744 e. The zero-order valence-corrected chi connectivity index (χ0v) is 10.6. The minimum Gasteiger partial charge on any atom is -0.744 e. The van der Waals surface area contributed by atoms with Crippen molar-refractivity contribution >= 4 is 10.1 Å². The van der Waals surface area contributed by atoms with Gasteiger partial charge in [-0.25, -0.2) is 13.4 Å². The van der Waals surface area contributed by atoms with Gasteiger partial charge in [-0.05, 0) is 24.3 Å². The monoisotopic (exact) mass is 267 g/mol. The molecule has 1 aromatic heterocycles. The summed E-state index contributed by atoms with van der Waals surface area (Å²) in [6, 6.07) is 11.1. The molecule has 6 heteroatoms. The SMILES string of the molecule is COc1ccc(S(=O)(=O)[O-])cc1.c1cc[nH+]cc1. The average molecular weight is 267 g/mol. The Kier molecular flexibility index (Phi) is 5.29. The summed E-state index contributed by atoms with van der Waals surface area (Å²) in [4.78, 5) is 2.65. The Bertz CT molecular complexity index is 526.